The molecule has 7 nitrogen and oxygen atoms in total. The summed E-state index contributed by atoms with van der Waals surface area (Å²) in [5.74, 6) is 0.700. The number of anilines is 2. The van der Waals surface area contributed by atoms with E-state index in [0.29, 0.717) is 22.9 Å². The van der Waals surface area contributed by atoms with Crippen LogP contribution >= 0.6 is 11.3 Å². The van der Waals surface area contributed by atoms with Gasteiger partial charge >= 0.3 is 0 Å². The molecule has 0 saturated carbocycles. The summed E-state index contributed by atoms with van der Waals surface area (Å²) in [6, 6.07) is 11.9. The van der Waals surface area contributed by atoms with Gasteiger partial charge in [-0.05, 0) is 63.2 Å². The molecule has 1 unspecified atom stereocenters. The number of carbonyl (C=O) groups is 2. The first-order valence-corrected chi connectivity index (χ1v) is 10.7. The van der Waals surface area contributed by atoms with Crippen LogP contribution < -0.4 is 19.7 Å². The molecular formula is C23H23N3O4S. The minimum absolute atomic E-state index is 0.110. The van der Waals surface area contributed by atoms with Crippen LogP contribution in [0.15, 0.2) is 42.5 Å². The number of aromatic nitrogens is 1. The summed E-state index contributed by atoms with van der Waals surface area (Å²) < 4.78 is 10.8. The van der Waals surface area contributed by atoms with E-state index in [1.54, 1.807) is 49.6 Å². The average Bonchev–Trinajstić information content (AvgIpc) is 3.11. The summed E-state index contributed by atoms with van der Waals surface area (Å²) in [7, 11) is 1.58. The van der Waals surface area contributed by atoms with Gasteiger partial charge in [0.15, 0.2) is 6.61 Å². The molecule has 0 spiro atoms. The standard InChI is InChI=1S/C23H23N3O4S/c1-13(23(28)25-17-6-8-18(29-4)9-7-17)26-19-11-16(22-14(2)31-15(3)24-22)5-10-20(19)30-12-21(26)27/h5-11,13H,12H2,1-4H3,(H,25,28). The molecule has 0 saturated heterocycles. The van der Waals surface area contributed by atoms with Gasteiger partial charge in [-0.2, -0.15) is 0 Å². The maximum atomic E-state index is 12.9. The molecule has 0 aliphatic carbocycles. The lowest BCUT2D eigenvalue weighted by atomic mass is 10.1. The molecule has 2 amide bonds. The topological polar surface area (TPSA) is 80.8 Å². The predicted molar refractivity (Wildman–Crippen MR) is 121 cm³/mol. The Kier molecular flexibility index (Phi) is 5.65. The first-order chi connectivity index (χ1) is 14.9. The molecule has 2 heterocycles. The molecule has 2 aromatic carbocycles. The van der Waals surface area contributed by atoms with Crippen molar-refractivity contribution in [1.29, 1.82) is 0 Å². The third-order valence-corrected chi connectivity index (χ3v) is 6.03. The maximum absolute atomic E-state index is 12.9. The van der Waals surface area contributed by atoms with Gasteiger partial charge in [-0.1, -0.05) is 0 Å². The third kappa shape index (κ3) is 4.11. The van der Waals surface area contributed by atoms with E-state index in [9.17, 15) is 9.59 Å². The van der Waals surface area contributed by atoms with Crippen LogP contribution in [0.5, 0.6) is 11.5 Å². The molecule has 8 heteroatoms. The first-order valence-electron chi connectivity index (χ1n) is 9.85. The van der Waals surface area contributed by atoms with Crippen LogP contribution in [0, 0.1) is 13.8 Å². The number of thiazole rings is 1. The van der Waals surface area contributed by atoms with Gasteiger partial charge in [0, 0.05) is 16.1 Å². The fraction of sp³-hybridized carbons (Fsp3) is 0.261. The van der Waals surface area contributed by atoms with E-state index in [-0.39, 0.29) is 18.4 Å². The van der Waals surface area contributed by atoms with Crippen LogP contribution in [-0.4, -0.2) is 36.6 Å². The van der Waals surface area contributed by atoms with Crippen molar-refractivity contribution in [2.45, 2.75) is 26.8 Å². The third-order valence-electron chi connectivity index (χ3n) is 5.14. The summed E-state index contributed by atoms with van der Waals surface area (Å²) in [6.07, 6.45) is 0. The number of hydrogen-bond donors (Lipinski definition) is 1. The van der Waals surface area contributed by atoms with Gasteiger partial charge in [-0.25, -0.2) is 4.98 Å². The molecule has 1 aromatic heterocycles. The van der Waals surface area contributed by atoms with Gasteiger partial charge in [0.1, 0.15) is 17.5 Å². The van der Waals surface area contributed by atoms with Crippen molar-refractivity contribution in [1.82, 2.24) is 4.98 Å². The summed E-state index contributed by atoms with van der Waals surface area (Å²) in [4.78, 5) is 32.9. The Balaban J connectivity index is 1.63. The number of ether oxygens (including phenoxy) is 2. The highest BCUT2D eigenvalue weighted by Crippen LogP contribution is 2.38. The van der Waals surface area contributed by atoms with Gasteiger partial charge in [-0.15, -0.1) is 11.3 Å². The van der Waals surface area contributed by atoms with E-state index in [1.165, 1.54) is 4.90 Å². The summed E-state index contributed by atoms with van der Waals surface area (Å²) >= 11 is 1.62. The normalized spacial score (nSPS) is 13.9. The van der Waals surface area contributed by atoms with Gasteiger partial charge in [0.2, 0.25) is 5.91 Å². The van der Waals surface area contributed by atoms with Gasteiger partial charge in [-0.3, -0.25) is 14.5 Å². The number of aryl methyl sites for hydroxylation is 2. The molecular weight excluding hydrogens is 414 g/mol. The molecule has 31 heavy (non-hydrogen) atoms. The van der Waals surface area contributed by atoms with E-state index >= 15 is 0 Å². The lowest BCUT2D eigenvalue weighted by Crippen LogP contribution is -2.49. The Bertz CT molecular complexity index is 1140. The average molecular weight is 438 g/mol. The molecule has 4 rings (SSSR count). The predicted octanol–water partition coefficient (Wildman–Crippen LogP) is 4.19. The van der Waals surface area contributed by atoms with Crippen LogP contribution in [0.1, 0.15) is 16.8 Å². The van der Waals surface area contributed by atoms with Crippen molar-refractivity contribution in [2.24, 2.45) is 0 Å². The fourth-order valence-electron chi connectivity index (χ4n) is 3.58. The van der Waals surface area contributed by atoms with Crippen molar-refractivity contribution in [3.8, 4) is 22.8 Å². The second-order valence-electron chi connectivity index (χ2n) is 7.27. The molecule has 160 valence electrons. The zero-order chi connectivity index (χ0) is 22.1. The summed E-state index contributed by atoms with van der Waals surface area (Å²) in [5.41, 5.74) is 2.95. The summed E-state index contributed by atoms with van der Waals surface area (Å²) in [6.45, 7) is 5.58. The number of nitrogens with one attached hydrogen (secondary N) is 1. The minimum Gasteiger partial charge on any atom is -0.497 e. The van der Waals surface area contributed by atoms with Crippen molar-refractivity contribution < 1.29 is 19.1 Å². The zero-order valence-corrected chi connectivity index (χ0v) is 18.6. The Morgan fingerprint density at radius 1 is 1.23 bits per heavy atom. The van der Waals surface area contributed by atoms with Crippen LogP contribution in [-0.2, 0) is 9.59 Å². The number of benzene rings is 2. The van der Waals surface area contributed by atoms with Crippen molar-refractivity contribution in [3.63, 3.8) is 0 Å². The number of methoxy groups -OCH3 is 1. The van der Waals surface area contributed by atoms with Gasteiger partial charge < -0.3 is 14.8 Å². The highest BCUT2D eigenvalue weighted by atomic mass is 32.1. The van der Waals surface area contributed by atoms with E-state index < -0.39 is 6.04 Å². The Morgan fingerprint density at radius 2 is 1.97 bits per heavy atom. The SMILES string of the molecule is COc1ccc(NC(=O)C(C)N2C(=O)COc3ccc(-c4nc(C)sc4C)cc32)cc1. The first kappa shape index (κ1) is 20.9. The van der Waals surface area contributed by atoms with Crippen molar-refractivity contribution in [3.05, 3.63) is 52.3 Å². The molecule has 1 aliphatic rings. The minimum atomic E-state index is -0.731. The molecule has 1 aliphatic heterocycles. The van der Waals surface area contributed by atoms with Crippen LogP contribution in [0.25, 0.3) is 11.3 Å². The summed E-state index contributed by atoms with van der Waals surface area (Å²) in [5, 5.41) is 3.83. The Labute approximate surface area is 184 Å². The zero-order valence-electron chi connectivity index (χ0n) is 17.8. The Hall–Kier alpha value is -3.39. The lowest BCUT2D eigenvalue weighted by Gasteiger charge is -2.33. The number of amides is 2. The highest BCUT2D eigenvalue weighted by molar-refractivity contribution is 7.11. The number of carbonyl (C=O) groups excluding carboxylic acids is 2. The van der Waals surface area contributed by atoms with Crippen LogP contribution in [0.4, 0.5) is 11.4 Å². The lowest BCUT2D eigenvalue weighted by molar-refractivity contribution is -0.125. The Morgan fingerprint density at radius 3 is 2.61 bits per heavy atom. The van der Waals surface area contributed by atoms with E-state index in [0.717, 1.165) is 21.1 Å². The van der Waals surface area contributed by atoms with Crippen molar-refractivity contribution >= 4 is 34.5 Å². The number of nitrogens with zero attached hydrogens (tertiary/aromatic N) is 2. The second kappa shape index (κ2) is 8.39. The molecule has 0 fully saturated rings. The number of rotatable bonds is 5. The molecule has 0 radical (unpaired) electrons. The van der Waals surface area contributed by atoms with Gasteiger partial charge in [0.25, 0.3) is 5.91 Å². The molecule has 3 aromatic rings. The fourth-order valence-corrected chi connectivity index (χ4v) is 4.42. The quantitative estimate of drug-likeness (QED) is 0.647. The largest absolute Gasteiger partial charge is 0.497 e. The molecule has 1 N–H and O–H groups in total. The van der Waals surface area contributed by atoms with E-state index in [4.69, 9.17) is 9.47 Å². The van der Waals surface area contributed by atoms with E-state index in [1.807, 2.05) is 32.0 Å². The van der Waals surface area contributed by atoms with Crippen LogP contribution in [0.3, 0.4) is 0 Å². The monoisotopic (exact) mass is 437 g/mol. The highest BCUT2D eigenvalue weighted by Gasteiger charge is 2.33. The molecule has 0 bridgehead atoms. The van der Waals surface area contributed by atoms with Crippen molar-refractivity contribution in [2.75, 3.05) is 23.9 Å². The number of fused-ring (bicyclic) bond motifs is 1. The maximum Gasteiger partial charge on any atom is 0.265 e. The van der Waals surface area contributed by atoms with Crippen LogP contribution in [0.2, 0.25) is 0 Å². The smallest absolute Gasteiger partial charge is 0.265 e. The van der Waals surface area contributed by atoms with Gasteiger partial charge in [0.05, 0.1) is 23.5 Å². The molecule has 1 atom stereocenters. The van der Waals surface area contributed by atoms with E-state index in [2.05, 4.69) is 10.3 Å². The second-order valence-corrected chi connectivity index (χ2v) is 8.67. The number of hydrogen-bond acceptors (Lipinski definition) is 6.